The molecule has 112 valence electrons. The number of benzene rings is 2. The summed E-state index contributed by atoms with van der Waals surface area (Å²) in [4.78, 5) is 0. The first-order valence-electron chi connectivity index (χ1n) is 6.93. The van der Waals surface area contributed by atoms with Crippen LogP contribution >= 0.6 is 23.2 Å². The van der Waals surface area contributed by atoms with E-state index in [1.807, 2.05) is 13.0 Å². The van der Waals surface area contributed by atoms with Gasteiger partial charge in [-0.25, -0.2) is 4.39 Å². The third-order valence-electron chi connectivity index (χ3n) is 3.61. The maximum absolute atomic E-state index is 13.7. The average Bonchev–Trinajstić information content (AvgIpc) is 2.44. The maximum atomic E-state index is 13.7. The SMILES string of the molecule is CCc1cccc(C)c1NC(C)c1cc(F)c(Cl)cc1Cl. The van der Waals surface area contributed by atoms with Gasteiger partial charge in [0, 0.05) is 10.7 Å². The highest BCUT2D eigenvalue weighted by atomic mass is 35.5. The van der Waals surface area contributed by atoms with E-state index in [-0.39, 0.29) is 11.1 Å². The predicted octanol–water partition coefficient (Wildman–Crippen LogP) is 6.18. The number of hydrogen-bond donors (Lipinski definition) is 1. The van der Waals surface area contributed by atoms with E-state index < -0.39 is 5.82 Å². The Hall–Kier alpha value is -1.25. The molecule has 4 heteroatoms. The lowest BCUT2D eigenvalue weighted by Gasteiger charge is -2.21. The third kappa shape index (κ3) is 3.50. The quantitative estimate of drug-likeness (QED) is 0.662. The van der Waals surface area contributed by atoms with Crippen LogP contribution in [-0.2, 0) is 6.42 Å². The van der Waals surface area contributed by atoms with E-state index in [0.717, 1.165) is 17.7 Å². The van der Waals surface area contributed by atoms with Crippen molar-refractivity contribution in [3.8, 4) is 0 Å². The summed E-state index contributed by atoms with van der Waals surface area (Å²) in [7, 11) is 0. The summed E-state index contributed by atoms with van der Waals surface area (Å²) in [6.45, 7) is 6.12. The highest BCUT2D eigenvalue weighted by molar-refractivity contribution is 6.35. The van der Waals surface area contributed by atoms with Crippen LogP contribution in [0.15, 0.2) is 30.3 Å². The minimum absolute atomic E-state index is 0.0427. The summed E-state index contributed by atoms with van der Waals surface area (Å²) in [5.41, 5.74) is 4.17. The van der Waals surface area contributed by atoms with E-state index in [1.54, 1.807) is 0 Å². The molecule has 21 heavy (non-hydrogen) atoms. The van der Waals surface area contributed by atoms with Gasteiger partial charge < -0.3 is 5.32 Å². The summed E-state index contributed by atoms with van der Waals surface area (Å²) >= 11 is 11.9. The molecule has 0 spiro atoms. The van der Waals surface area contributed by atoms with Crippen LogP contribution in [0.5, 0.6) is 0 Å². The van der Waals surface area contributed by atoms with Gasteiger partial charge in [-0.2, -0.15) is 0 Å². The molecule has 0 aliphatic rings. The lowest BCUT2D eigenvalue weighted by Crippen LogP contribution is -2.10. The second-order valence-electron chi connectivity index (χ2n) is 5.12. The third-order valence-corrected chi connectivity index (χ3v) is 4.22. The van der Waals surface area contributed by atoms with Crippen molar-refractivity contribution in [2.24, 2.45) is 0 Å². The Morgan fingerprint density at radius 1 is 1.19 bits per heavy atom. The van der Waals surface area contributed by atoms with Crippen molar-refractivity contribution >= 4 is 28.9 Å². The molecule has 2 aromatic carbocycles. The van der Waals surface area contributed by atoms with Crippen molar-refractivity contribution in [3.63, 3.8) is 0 Å². The number of nitrogens with one attached hydrogen (secondary N) is 1. The Bertz CT molecular complexity index is 655. The molecule has 0 amide bonds. The highest BCUT2D eigenvalue weighted by Gasteiger charge is 2.15. The van der Waals surface area contributed by atoms with E-state index in [4.69, 9.17) is 23.2 Å². The number of rotatable bonds is 4. The largest absolute Gasteiger partial charge is 0.378 e. The molecule has 1 unspecified atom stereocenters. The van der Waals surface area contributed by atoms with Gasteiger partial charge in [-0.3, -0.25) is 0 Å². The van der Waals surface area contributed by atoms with Gasteiger partial charge in [0.1, 0.15) is 5.82 Å². The molecular formula is C17H18Cl2FN. The molecule has 2 rings (SSSR count). The fraction of sp³-hybridized carbons (Fsp3) is 0.294. The van der Waals surface area contributed by atoms with Gasteiger partial charge in [0.25, 0.3) is 0 Å². The van der Waals surface area contributed by atoms with Crippen LogP contribution in [0, 0.1) is 12.7 Å². The fourth-order valence-corrected chi connectivity index (χ4v) is 2.94. The minimum atomic E-state index is -0.454. The number of para-hydroxylation sites is 1. The Labute approximate surface area is 135 Å². The number of anilines is 1. The van der Waals surface area contributed by atoms with E-state index in [0.29, 0.717) is 10.6 Å². The predicted molar refractivity (Wildman–Crippen MR) is 89.0 cm³/mol. The van der Waals surface area contributed by atoms with Gasteiger partial charge in [-0.15, -0.1) is 0 Å². The Kier molecular flexibility index (Phi) is 5.13. The second kappa shape index (κ2) is 6.67. The number of hydrogen-bond acceptors (Lipinski definition) is 1. The summed E-state index contributed by atoms with van der Waals surface area (Å²) in [5, 5.41) is 3.95. The standard InChI is InChI=1S/C17H18Cl2FN/c1-4-12-7-5-6-10(2)17(12)21-11(3)13-8-16(20)15(19)9-14(13)18/h5-9,11,21H,4H2,1-3H3. The van der Waals surface area contributed by atoms with E-state index >= 15 is 0 Å². The van der Waals surface area contributed by atoms with Crippen molar-refractivity contribution in [2.75, 3.05) is 5.32 Å². The van der Waals surface area contributed by atoms with Gasteiger partial charge in [0.05, 0.1) is 11.1 Å². The lowest BCUT2D eigenvalue weighted by atomic mass is 10.0. The van der Waals surface area contributed by atoms with Gasteiger partial charge in [0.15, 0.2) is 0 Å². The molecule has 0 bridgehead atoms. The molecule has 0 heterocycles. The molecule has 0 aliphatic carbocycles. The molecular weight excluding hydrogens is 308 g/mol. The van der Waals surface area contributed by atoms with Crippen LogP contribution in [-0.4, -0.2) is 0 Å². The molecule has 0 aliphatic heterocycles. The van der Waals surface area contributed by atoms with Crippen molar-refractivity contribution in [2.45, 2.75) is 33.2 Å². The zero-order valence-corrected chi connectivity index (χ0v) is 13.8. The first-order chi connectivity index (χ1) is 9.93. The average molecular weight is 326 g/mol. The van der Waals surface area contributed by atoms with Crippen LogP contribution in [0.3, 0.4) is 0 Å². The molecule has 0 fully saturated rings. The Morgan fingerprint density at radius 3 is 2.57 bits per heavy atom. The van der Waals surface area contributed by atoms with Gasteiger partial charge in [-0.1, -0.05) is 48.3 Å². The van der Waals surface area contributed by atoms with Gasteiger partial charge in [0.2, 0.25) is 0 Å². The number of halogens is 3. The highest BCUT2D eigenvalue weighted by Crippen LogP contribution is 2.32. The molecule has 1 N–H and O–H groups in total. The van der Waals surface area contributed by atoms with E-state index in [1.165, 1.54) is 17.7 Å². The first-order valence-corrected chi connectivity index (χ1v) is 7.69. The second-order valence-corrected chi connectivity index (χ2v) is 5.93. The molecule has 1 nitrogen and oxygen atoms in total. The lowest BCUT2D eigenvalue weighted by molar-refractivity contribution is 0.624. The summed E-state index contributed by atoms with van der Waals surface area (Å²) < 4.78 is 13.7. The minimum Gasteiger partial charge on any atom is -0.378 e. The first kappa shape index (κ1) is 16.1. The number of aryl methyl sites for hydroxylation is 2. The smallest absolute Gasteiger partial charge is 0.142 e. The molecule has 1 atom stereocenters. The zero-order chi connectivity index (χ0) is 15.6. The summed E-state index contributed by atoms with van der Waals surface area (Å²) in [6, 6.07) is 8.91. The van der Waals surface area contributed by atoms with Crippen LogP contribution in [0.25, 0.3) is 0 Å². The Balaban J connectivity index is 2.35. The van der Waals surface area contributed by atoms with Crippen LogP contribution in [0.4, 0.5) is 10.1 Å². The zero-order valence-electron chi connectivity index (χ0n) is 12.3. The van der Waals surface area contributed by atoms with E-state index in [2.05, 4.69) is 31.3 Å². The van der Waals surface area contributed by atoms with Crippen LogP contribution in [0.1, 0.15) is 36.6 Å². The summed E-state index contributed by atoms with van der Waals surface area (Å²) in [5.74, 6) is -0.454. The molecule has 0 radical (unpaired) electrons. The summed E-state index contributed by atoms with van der Waals surface area (Å²) in [6.07, 6.45) is 0.930. The van der Waals surface area contributed by atoms with Crippen LogP contribution < -0.4 is 5.32 Å². The molecule has 0 saturated heterocycles. The van der Waals surface area contributed by atoms with E-state index in [9.17, 15) is 4.39 Å². The monoisotopic (exact) mass is 325 g/mol. The normalized spacial score (nSPS) is 12.3. The topological polar surface area (TPSA) is 12.0 Å². The van der Waals surface area contributed by atoms with Crippen molar-refractivity contribution < 1.29 is 4.39 Å². The van der Waals surface area contributed by atoms with Gasteiger partial charge in [-0.05, 0) is 49.1 Å². The van der Waals surface area contributed by atoms with Crippen LogP contribution in [0.2, 0.25) is 10.0 Å². The Morgan fingerprint density at radius 2 is 1.90 bits per heavy atom. The molecule has 0 aromatic heterocycles. The molecule has 0 saturated carbocycles. The van der Waals surface area contributed by atoms with Crippen molar-refractivity contribution in [3.05, 3.63) is 62.9 Å². The van der Waals surface area contributed by atoms with Crippen molar-refractivity contribution in [1.29, 1.82) is 0 Å². The van der Waals surface area contributed by atoms with Crippen molar-refractivity contribution in [1.82, 2.24) is 0 Å². The van der Waals surface area contributed by atoms with Gasteiger partial charge >= 0.3 is 0 Å². The fourth-order valence-electron chi connectivity index (χ4n) is 2.39. The molecule has 2 aromatic rings. The maximum Gasteiger partial charge on any atom is 0.142 e.